The summed E-state index contributed by atoms with van der Waals surface area (Å²) in [6, 6.07) is 14.1. The molecule has 4 fully saturated rings. The molecule has 174 valence electrons. The Morgan fingerprint density at radius 2 is 1.44 bits per heavy atom. The summed E-state index contributed by atoms with van der Waals surface area (Å²) in [7, 11) is 0. The average Bonchev–Trinajstić information content (AvgIpc) is 3.59. The molecule has 3 amide bonds. The lowest BCUT2D eigenvalue weighted by atomic mass is 9.81. The van der Waals surface area contributed by atoms with Crippen molar-refractivity contribution in [3.8, 4) is 5.75 Å². The number of imide groups is 1. The highest BCUT2D eigenvalue weighted by Gasteiger charge is 2.61. The van der Waals surface area contributed by atoms with E-state index in [1.54, 1.807) is 29.2 Å². The lowest BCUT2D eigenvalue weighted by Crippen LogP contribution is -2.32. The predicted molar refractivity (Wildman–Crippen MR) is 124 cm³/mol. The first-order valence-electron chi connectivity index (χ1n) is 12.0. The Bertz CT molecular complexity index is 1160. The van der Waals surface area contributed by atoms with Gasteiger partial charge < -0.3 is 9.64 Å². The fourth-order valence-electron chi connectivity index (χ4n) is 6.37. The third-order valence-corrected chi connectivity index (χ3v) is 8.04. The molecule has 0 spiro atoms. The van der Waals surface area contributed by atoms with Crippen LogP contribution in [-0.2, 0) is 19.2 Å². The van der Waals surface area contributed by atoms with Crippen LogP contribution in [0.2, 0.25) is 0 Å². The van der Waals surface area contributed by atoms with E-state index in [2.05, 4.69) is 0 Å². The molecule has 7 heteroatoms. The fraction of sp³-hybridized carbons (Fsp3) is 0.407. The number of carbonyl (C=O) groups excluding carboxylic acids is 4. The number of anilines is 2. The van der Waals surface area contributed by atoms with Crippen molar-refractivity contribution < 1.29 is 23.9 Å². The van der Waals surface area contributed by atoms with Crippen LogP contribution in [0, 0.1) is 36.5 Å². The van der Waals surface area contributed by atoms with Gasteiger partial charge in [0.25, 0.3) is 0 Å². The van der Waals surface area contributed by atoms with Gasteiger partial charge >= 0.3 is 5.97 Å². The average molecular weight is 459 g/mol. The van der Waals surface area contributed by atoms with Crippen LogP contribution < -0.4 is 14.5 Å². The summed E-state index contributed by atoms with van der Waals surface area (Å²) < 4.78 is 5.53. The molecule has 5 atom stereocenters. The predicted octanol–water partition coefficient (Wildman–Crippen LogP) is 3.49. The Morgan fingerprint density at radius 3 is 2.06 bits per heavy atom. The highest BCUT2D eigenvalue weighted by molar-refractivity contribution is 6.22. The molecule has 0 aromatic heterocycles. The first-order chi connectivity index (χ1) is 16.4. The number of ether oxygens (including phenoxy) is 1. The number of aryl methyl sites for hydroxylation is 1. The van der Waals surface area contributed by atoms with E-state index in [0.29, 0.717) is 23.3 Å². The standard InChI is InChI=1S/C27H26N2O5/c1-15-2-6-19(7-3-15)28-14-18(13-22(28)30)27(33)34-21-10-8-20(9-11-21)29-25(31)23-16-4-5-17(12-16)24(23)26(29)32/h2-3,6-11,16-18,23-24H,4-5,12-14H2,1H3/t16-,17-,18+,23-,24-/m0/s1. The highest BCUT2D eigenvalue weighted by atomic mass is 16.5. The maximum absolute atomic E-state index is 13.0. The van der Waals surface area contributed by atoms with Gasteiger partial charge in [0.1, 0.15) is 5.75 Å². The molecule has 2 bridgehead atoms. The van der Waals surface area contributed by atoms with Crippen LogP contribution in [-0.4, -0.2) is 30.2 Å². The van der Waals surface area contributed by atoms with Gasteiger partial charge in [-0.3, -0.25) is 24.1 Å². The zero-order valence-electron chi connectivity index (χ0n) is 19.0. The molecule has 2 aliphatic heterocycles. The van der Waals surface area contributed by atoms with Gasteiger partial charge in [-0.2, -0.15) is 0 Å². The number of fused-ring (bicyclic) bond motifs is 5. The van der Waals surface area contributed by atoms with Gasteiger partial charge in [-0.15, -0.1) is 0 Å². The van der Waals surface area contributed by atoms with Crippen molar-refractivity contribution in [2.45, 2.75) is 32.6 Å². The van der Waals surface area contributed by atoms with Crippen LogP contribution in [0.1, 0.15) is 31.2 Å². The van der Waals surface area contributed by atoms with Crippen molar-refractivity contribution >= 4 is 35.1 Å². The van der Waals surface area contributed by atoms with E-state index >= 15 is 0 Å². The third-order valence-electron chi connectivity index (χ3n) is 8.04. The second-order valence-electron chi connectivity index (χ2n) is 10.1. The smallest absolute Gasteiger partial charge is 0.316 e. The zero-order valence-corrected chi connectivity index (χ0v) is 19.0. The highest BCUT2D eigenvalue weighted by Crippen LogP contribution is 2.56. The number of hydrogen-bond donors (Lipinski definition) is 0. The maximum Gasteiger partial charge on any atom is 0.316 e. The monoisotopic (exact) mass is 458 g/mol. The fourth-order valence-corrected chi connectivity index (χ4v) is 6.37. The van der Waals surface area contributed by atoms with E-state index in [4.69, 9.17) is 4.74 Å². The lowest BCUT2D eigenvalue weighted by Gasteiger charge is -2.19. The van der Waals surface area contributed by atoms with E-state index in [9.17, 15) is 19.2 Å². The third kappa shape index (κ3) is 3.25. The summed E-state index contributed by atoms with van der Waals surface area (Å²) in [5.74, 6) is -0.627. The molecule has 2 aromatic carbocycles. The molecule has 2 aromatic rings. The Hall–Kier alpha value is -3.48. The number of amides is 3. The zero-order chi connectivity index (χ0) is 23.6. The first kappa shape index (κ1) is 21.1. The Balaban J connectivity index is 1.12. The summed E-state index contributed by atoms with van der Waals surface area (Å²) in [6.45, 7) is 2.26. The molecule has 0 unspecified atom stereocenters. The van der Waals surface area contributed by atoms with Gasteiger partial charge in [0.05, 0.1) is 23.4 Å². The van der Waals surface area contributed by atoms with Crippen molar-refractivity contribution in [3.05, 3.63) is 54.1 Å². The summed E-state index contributed by atoms with van der Waals surface area (Å²) in [5, 5.41) is 0. The van der Waals surface area contributed by atoms with E-state index in [1.165, 1.54) is 4.90 Å². The Morgan fingerprint density at radius 1 is 0.853 bits per heavy atom. The molecular weight excluding hydrogens is 432 g/mol. The number of rotatable bonds is 4. The summed E-state index contributed by atoms with van der Waals surface area (Å²) in [5.41, 5.74) is 2.39. The molecule has 2 heterocycles. The molecule has 4 aliphatic rings. The molecule has 34 heavy (non-hydrogen) atoms. The maximum atomic E-state index is 13.0. The topological polar surface area (TPSA) is 84.0 Å². The summed E-state index contributed by atoms with van der Waals surface area (Å²) in [4.78, 5) is 54.1. The number of carbonyl (C=O) groups is 4. The number of esters is 1. The SMILES string of the molecule is Cc1ccc(N2C[C@H](C(=O)Oc3ccc(N4C(=O)[C@H]5[C@H]6CC[C@@H](C6)[C@@H]5C4=O)cc3)CC2=O)cc1. The van der Waals surface area contributed by atoms with Crippen molar-refractivity contribution in [1.82, 2.24) is 0 Å². The van der Waals surface area contributed by atoms with Crippen LogP contribution in [0.3, 0.4) is 0 Å². The second-order valence-corrected chi connectivity index (χ2v) is 10.1. The number of nitrogens with zero attached hydrogens (tertiary/aromatic N) is 2. The normalized spacial score (nSPS) is 29.8. The van der Waals surface area contributed by atoms with Gasteiger partial charge in [0, 0.05) is 18.7 Å². The molecule has 2 saturated carbocycles. The van der Waals surface area contributed by atoms with Crippen LogP contribution in [0.4, 0.5) is 11.4 Å². The van der Waals surface area contributed by atoms with Crippen molar-refractivity contribution in [2.75, 3.05) is 16.3 Å². The molecular formula is C27H26N2O5. The molecule has 0 radical (unpaired) electrons. The minimum Gasteiger partial charge on any atom is -0.426 e. The van der Waals surface area contributed by atoms with Crippen LogP contribution in [0.15, 0.2) is 48.5 Å². The lowest BCUT2D eigenvalue weighted by molar-refractivity contribution is -0.139. The van der Waals surface area contributed by atoms with Gasteiger partial charge in [0.15, 0.2) is 0 Å². The van der Waals surface area contributed by atoms with E-state index < -0.39 is 11.9 Å². The van der Waals surface area contributed by atoms with Crippen molar-refractivity contribution in [2.24, 2.45) is 29.6 Å². The molecule has 2 saturated heterocycles. The van der Waals surface area contributed by atoms with Gasteiger partial charge in [-0.05, 0) is 74.4 Å². The van der Waals surface area contributed by atoms with Gasteiger partial charge in [-0.1, -0.05) is 17.7 Å². The molecule has 6 rings (SSSR count). The minimum absolute atomic E-state index is 0.0902. The Kier molecular flexibility index (Phi) is 4.83. The van der Waals surface area contributed by atoms with Gasteiger partial charge in [-0.25, -0.2) is 0 Å². The quantitative estimate of drug-likeness (QED) is 0.398. The van der Waals surface area contributed by atoms with E-state index in [-0.39, 0.29) is 42.5 Å². The van der Waals surface area contributed by atoms with Gasteiger partial charge in [0.2, 0.25) is 17.7 Å². The second kappa shape index (κ2) is 7.79. The van der Waals surface area contributed by atoms with Crippen LogP contribution >= 0.6 is 0 Å². The first-order valence-corrected chi connectivity index (χ1v) is 12.0. The summed E-state index contributed by atoms with van der Waals surface area (Å²) in [6.07, 6.45) is 3.18. The van der Waals surface area contributed by atoms with E-state index in [1.807, 2.05) is 31.2 Å². The van der Waals surface area contributed by atoms with Crippen LogP contribution in [0.5, 0.6) is 5.75 Å². The van der Waals surface area contributed by atoms with Crippen molar-refractivity contribution in [1.29, 1.82) is 0 Å². The summed E-state index contributed by atoms with van der Waals surface area (Å²) >= 11 is 0. The molecule has 0 N–H and O–H groups in total. The number of benzene rings is 2. The molecule has 7 nitrogen and oxygen atoms in total. The van der Waals surface area contributed by atoms with Crippen LogP contribution in [0.25, 0.3) is 0 Å². The Labute approximate surface area is 197 Å². The largest absolute Gasteiger partial charge is 0.426 e. The minimum atomic E-state index is -0.551. The molecule has 2 aliphatic carbocycles. The van der Waals surface area contributed by atoms with Crippen molar-refractivity contribution in [3.63, 3.8) is 0 Å². The van der Waals surface area contributed by atoms with E-state index in [0.717, 1.165) is 30.5 Å². The number of hydrogen-bond acceptors (Lipinski definition) is 5.